The molecule has 1 aliphatic heterocycles. The van der Waals surface area contributed by atoms with Gasteiger partial charge < -0.3 is 0 Å². The van der Waals surface area contributed by atoms with Gasteiger partial charge in [0.15, 0.2) is 0 Å². The molecule has 0 N–H and O–H groups in total. The van der Waals surface area contributed by atoms with E-state index in [1.165, 1.54) is 10.5 Å². The number of imide groups is 1. The summed E-state index contributed by atoms with van der Waals surface area (Å²) in [6.07, 6.45) is 1.69. The largest absolute Gasteiger partial charge is 0.278 e. The van der Waals surface area contributed by atoms with Crippen LogP contribution < -0.4 is 0 Å². The number of piperidine rings is 1. The Morgan fingerprint density at radius 1 is 1.06 bits per heavy atom. The molecule has 1 aromatic rings. The van der Waals surface area contributed by atoms with Gasteiger partial charge in [-0.1, -0.05) is 38.1 Å². The van der Waals surface area contributed by atoms with Gasteiger partial charge in [-0.15, -0.1) is 0 Å². The Hall–Kier alpha value is -1.64. The third kappa shape index (κ3) is 2.78. The minimum atomic E-state index is -0.0424. The molecule has 96 valence electrons. The van der Waals surface area contributed by atoms with Crippen molar-refractivity contribution in [1.29, 1.82) is 0 Å². The fourth-order valence-corrected chi connectivity index (χ4v) is 2.17. The first-order valence-electron chi connectivity index (χ1n) is 6.50. The van der Waals surface area contributed by atoms with Crippen LogP contribution in [-0.2, 0) is 16.1 Å². The van der Waals surface area contributed by atoms with E-state index in [-0.39, 0.29) is 11.8 Å². The van der Waals surface area contributed by atoms with Crippen molar-refractivity contribution < 1.29 is 9.59 Å². The lowest BCUT2D eigenvalue weighted by Gasteiger charge is -2.25. The summed E-state index contributed by atoms with van der Waals surface area (Å²) in [6.45, 7) is 4.70. The van der Waals surface area contributed by atoms with Gasteiger partial charge in [0.2, 0.25) is 11.8 Å². The number of hydrogen-bond donors (Lipinski definition) is 0. The van der Waals surface area contributed by atoms with Gasteiger partial charge in [0.25, 0.3) is 0 Å². The first kappa shape index (κ1) is 12.8. The van der Waals surface area contributed by atoms with Crippen LogP contribution >= 0.6 is 0 Å². The molecule has 0 atom stereocenters. The van der Waals surface area contributed by atoms with Crippen molar-refractivity contribution in [2.75, 3.05) is 0 Å². The molecule has 0 bridgehead atoms. The Morgan fingerprint density at radius 2 is 1.61 bits per heavy atom. The molecule has 0 spiro atoms. The number of carbonyl (C=O) groups is 2. The maximum atomic E-state index is 11.7. The lowest BCUT2D eigenvalue weighted by Crippen LogP contribution is -2.39. The van der Waals surface area contributed by atoms with E-state index in [1.54, 1.807) is 0 Å². The zero-order valence-corrected chi connectivity index (χ0v) is 11.0. The number of hydrogen-bond acceptors (Lipinski definition) is 2. The fraction of sp³-hybridized carbons (Fsp3) is 0.467. The average molecular weight is 245 g/mol. The minimum Gasteiger partial charge on any atom is -0.278 e. The molecule has 1 fully saturated rings. The number of likely N-dealkylation sites (tertiary alicyclic amines) is 1. The molecule has 2 rings (SSSR count). The quantitative estimate of drug-likeness (QED) is 0.768. The molecule has 0 unspecified atom stereocenters. The molecule has 0 radical (unpaired) electrons. The van der Waals surface area contributed by atoms with E-state index in [4.69, 9.17) is 0 Å². The van der Waals surface area contributed by atoms with E-state index in [0.717, 1.165) is 5.56 Å². The second-order valence-electron chi connectivity index (χ2n) is 5.12. The molecule has 3 heteroatoms. The van der Waals surface area contributed by atoms with Crippen LogP contribution in [0, 0.1) is 0 Å². The predicted octanol–water partition coefficient (Wildman–Crippen LogP) is 2.85. The first-order valence-corrected chi connectivity index (χ1v) is 6.50. The SMILES string of the molecule is CC(C)c1ccc(CN2C(=O)CCCC2=O)cc1. The number of amides is 2. The molecule has 18 heavy (non-hydrogen) atoms. The summed E-state index contributed by atoms with van der Waals surface area (Å²) in [4.78, 5) is 24.8. The summed E-state index contributed by atoms with van der Waals surface area (Å²) in [5.74, 6) is 0.413. The highest BCUT2D eigenvalue weighted by Gasteiger charge is 2.25. The summed E-state index contributed by atoms with van der Waals surface area (Å²) in [5.41, 5.74) is 2.29. The van der Waals surface area contributed by atoms with Crippen LogP contribution in [0.5, 0.6) is 0 Å². The van der Waals surface area contributed by atoms with Gasteiger partial charge in [0.05, 0.1) is 6.54 Å². The molecule has 2 amide bonds. The van der Waals surface area contributed by atoms with Gasteiger partial charge in [0.1, 0.15) is 0 Å². The molecular formula is C15H19NO2. The maximum Gasteiger partial charge on any atom is 0.229 e. The van der Waals surface area contributed by atoms with E-state index in [2.05, 4.69) is 26.0 Å². The van der Waals surface area contributed by atoms with E-state index >= 15 is 0 Å². The van der Waals surface area contributed by atoms with Crippen LogP contribution in [-0.4, -0.2) is 16.7 Å². The average Bonchev–Trinajstić information content (AvgIpc) is 2.34. The van der Waals surface area contributed by atoms with Crippen LogP contribution in [0.4, 0.5) is 0 Å². The molecular weight excluding hydrogens is 226 g/mol. The van der Waals surface area contributed by atoms with Crippen molar-refractivity contribution in [3.8, 4) is 0 Å². The second-order valence-corrected chi connectivity index (χ2v) is 5.12. The highest BCUT2D eigenvalue weighted by molar-refractivity contribution is 5.97. The van der Waals surface area contributed by atoms with E-state index in [9.17, 15) is 9.59 Å². The van der Waals surface area contributed by atoms with Crippen molar-refractivity contribution >= 4 is 11.8 Å². The normalized spacial score (nSPS) is 16.5. The molecule has 0 saturated carbocycles. The van der Waals surface area contributed by atoms with E-state index in [0.29, 0.717) is 31.7 Å². The Kier molecular flexibility index (Phi) is 3.80. The molecule has 1 saturated heterocycles. The minimum absolute atomic E-state index is 0.0424. The van der Waals surface area contributed by atoms with E-state index in [1.807, 2.05) is 12.1 Å². The van der Waals surface area contributed by atoms with Gasteiger partial charge >= 0.3 is 0 Å². The molecule has 1 aliphatic rings. The van der Waals surface area contributed by atoms with Crippen LogP contribution in [0.2, 0.25) is 0 Å². The van der Waals surface area contributed by atoms with Crippen molar-refractivity contribution in [3.05, 3.63) is 35.4 Å². The Labute approximate surface area is 108 Å². The summed E-state index contributed by atoms with van der Waals surface area (Å²) >= 11 is 0. The zero-order valence-electron chi connectivity index (χ0n) is 11.0. The summed E-state index contributed by atoms with van der Waals surface area (Å²) < 4.78 is 0. The smallest absolute Gasteiger partial charge is 0.229 e. The molecule has 0 aliphatic carbocycles. The van der Waals surface area contributed by atoms with Crippen LogP contribution in [0.3, 0.4) is 0 Å². The first-order chi connectivity index (χ1) is 8.58. The Bertz CT molecular complexity index is 432. The molecule has 3 nitrogen and oxygen atoms in total. The maximum absolute atomic E-state index is 11.7. The predicted molar refractivity (Wildman–Crippen MR) is 69.9 cm³/mol. The fourth-order valence-electron chi connectivity index (χ4n) is 2.17. The van der Waals surface area contributed by atoms with Crippen LogP contribution in [0.15, 0.2) is 24.3 Å². The van der Waals surface area contributed by atoms with Crippen molar-refractivity contribution in [1.82, 2.24) is 4.90 Å². The van der Waals surface area contributed by atoms with Crippen molar-refractivity contribution in [3.63, 3.8) is 0 Å². The Morgan fingerprint density at radius 3 is 2.11 bits per heavy atom. The number of rotatable bonds is 3. The van der Waals surface area contributed by atoms with Gasteiger partial charge in [-0.2, -0.15) is 0 Å². The second kappa shape index (κ2) is 5.34. The third-order valence-electron chi connectivity index (χ3n) is 3.37. The highest BCUT2D eigenvalue weighted by atomic mass is 16.2. The molecule has 1 aromatic carbocycles. The van der Waals surface area contributed by atoms with Gasteiger partial charge in [-0.05, 0) is 23.5 Å². The Balaban J connectivity index is 2.08. The standard InChI is InChI=1S/C15H19NO2/c1-11(2)13-8-6-12(7-9-13)10-16-14(17)4-3-5-15(16)18/h6-9,11H,3-5,10H2,1-2H3. The lowest BCUT2D eigenvalue weighted by molar-refractivity contribution is -0.148. The third-order valence-corrected chi connectivity index (χ3v) is 3.37. The summed E-state index contributed by atoms with van der Waals surface area (Å²) in [7, 11) is 0. The van der Waals surface area contributed by atoms with Gasteiger partial charge in [0, 0.05) is 12.8 Å². The lowest BCUT2D eigenvalue weighted by atomic mass is 10.0. The van der Waals surface area contributed by atoms with Crippen LogP contribution in [0.25, 0.3) is 0 Å². The van der Waals surface area contributed by atoms with Gasteiger partial charge in [-0.25, -0.2) is 0 Å². The number of nitrogens with zero attached hydrogens (tertiary/aromatic N) is 1. The monoisotopic (exact) mass is 245 g/mol. The zero-order chi connectivity index (χ0) is 13.1. The topological polar surface area (TPSA) is 37.4 Å². The van der Waals surface area contributed by atoms with Gasteiger partial charge in [-0.3, -0.25) is 14.5 Å². The summed E-state index contributed by atoms with van der Waals surface area (Å²) in [5, 5.41) is 0. The van der Waals surface area contributed by atoms with Crippen LogP contribution in [0.1, 0.15) is 50.2 Å². The number of carbonyl (C=O) groups excluding carboxylic acids is 2. The summed E-state index contributed by atoms with van der Waals surface area (Å²) in [6, 6.07) is 8.15. The molecule has 0 aromatic heterocycles. The molecule has 1 heterocycles. The highest BCUT2D eigenvalue weighted by Crippen LogP contribution is 2.18. The van der Waals surface area contributed by atoms with E-state index < -0.39 is 0 Å². The van der Waals surface area contributed by atoms with Crippen molar-refractivity contribution in [2.24, 2.45) is 0 Å². The number of benzene rings is 1. The van der Waals surface area contributed by atoms with Crippen molar-refractivity contribution in [2.45, 2.75) is 45.6 Å².